The van der Waals surface area contributed by atoms with Gasteiger partial charge in [-0.1, -0.05) is 6.92 Å². The van der Waals surface area contributed by atoms with E-state index in [1.807, 2.05) is 5.43 Å². The number of ketones is 2. The number of primary amides is 1. The first-order valence-corrected chi connectivity index (χ1v) is 4.19. The average Bonchev–Trinajstić information content (AvgIpc) is 2.33. The highest BCUT2D eigenvalue weighted by atomic mass is 16.2. The molecule has 2 atom stereocenters. The highest BCUT2D eigenvalue weighted by Crippen LogP contribution is 2.22. The zero-order valence-corrected chi connectivity index (χ0v) is 7.69. The molecule has 1 aliphatic carbocycles. The highest BCUT2D eigenvalue weighted by Gasteiger charge is 2.37. The van der Waals surface area contributed by atoms with Crippen LogP contribution in [0.5, 0.6) is 0 Å². The molecule has 6 heteroatoms. The molecule has 1 aliphatic rings. The van der Waals surface area contributed by atoms with E-state index in [-0.39, 0.29) is 11.7 Å². The smallest absolute Gasteiger partial charge is 0.332 e. The second-order valence-corrected chi connectivity index (χ2v) is 3.23. The van der Waals surface area contributed by atoms with E-state index in [4.69, 9.17) is 5.73 Å². The monoisotopic (exact) mass is 197 g/mol. The Labute approximate surface area is 80.5 Å². The maximum absolute atomic E-state index is 11.2. The van der Waals surface area contributed by atoms with E-state index in [1.54, 1.807) is 6.92 Å². The van der Waals surface area contributed by atoms with E-state index in [1.165, 1.54) is 6.21 Å². The summed E-state index contributed by atoms with van der Waals surface area (Å²) in [7, 11) is 0. The van der Waals surface area contributed by atoms with Gasteiger partial charge in [-0.25, -0.2) is 10.2 Å². The number of hydrazone groups is 1. The molecule has 14 heavy (non-hydrogen) atoms. The Balaban J connectivity index is 2.55. The molecule has 0 radical (unpaired) electrons. The minimum Gasteiger partial charge on any atom is -0.350 e. The van der Waals surface area contributed by atoms with Crippen LogP contribution in [0.25, 0.3) is 0 Å². The van der Waals surface area contributed by atoms with Gasteiger partial charge in [0, 0.05) is 12.1 Å². The molecular weight excluding hydrogens is 186 g/mol. The van der Waals surface area contributed by atoms with Gasteiger partial charge in [0.1, 0.15) is 0 Å². The van der Waals surface area contributed by atoms with E-state index < -0.39 is 17.7 Å². The van der Waals surface area contributed by atoms with Crippen molar-refractivity contribution >= 4 is 23.8 Å². The zero-order valence-electron chi connectivity index (χ0n) is 7.69. The van der Waals surface area contributed by atoms with Gasteiger partial charge in [-0.05, 0) is 6.42 Å². The summed E-state index contributed by atoms with van der Waals surface area (Å²) in [6, 6.07) is -0.800. The molecular formula is C8H11N3O3. The first-order chi connectivity index (χ1) is 6.52. The third-order valence-corrected chi connectivity index (χ3v) is 2.06. The molecule has 0 aromatic heterocycles. The van der Waals surface area contributed by atoms with Gasteiger partial charge in [0.05, 0.1) is 5.92 Å². The maximum atomic E-state index is 11.2. The topological polar surface area (TPSA) is 102 Å². The van der Waals surface area contributed by atoms with Crippen LogP contribution in [-0.2, 0) is 9.59 Å². The molecule has 0 bridgehead atoms. The number of amides is 2. The maximum Gasteiger partial charge on any atom is 0.332 e. The third-order valence-electron chi connectivity index (χ3n) is 2.06. The molecule has 0 aromatic carbocycles. The van der Waals surface area contributed by atoms with Gasteiger partial charge in [0.25, 0.3) is 0 Å². The van der Waals surface area contributed by atoms with Crippen molar-refractivity contribution in [3.8, 4) is 0 Å². The van der Waals surface area contributed by atoms with Crippen LogP contribution < -0.4 is 11.2 Å². The van der Waals surface area contributed by atoms with Crippen molar-refractivity contribution in [2.24, 2.45) is 22.7 Å². The molecule has 1 saturated carbocycles. The summed E-state index contributed by atoms with van der Waals surface area (Å²) in [5, 5.41) is 3.45. The Kier molecular flexibility index (Phi) is 2.95. The predicted molar refractivity (Wildman–Crippen MR) is 48.5 cm³/mol. The fraction of sp³-hybridized carbons (Fsp3) is 0.500. The Bertz CT molecular complexity index is 311. The van der Waals surface area contributed by atoms with Gasteiger partial charge >= 0.3 is 6.03 Å². The van der Waals surface area contributed by atoms with Crippen LogP contribution >= 0.6 is 0 Å². The largest absolute Gasteiger partial charge is 0.350 e. The van der Waals surface area contributed by atoms with Crippen LogP contribution in [0.4, 0.5) is 4.79 Å². The number of rotatable bonds is 2. The SMILES string of the molecule is C[C@H]1C[C@H](/C=N\NC(N)=O)C(=O)C1=O. The van der Waals surface area contributed by atoms with Gasteiger partial charge in [-0.3, -0.25) is 9.59 Å². The van der Waals surface area contributed by atoms with Crippen LogP contribution in [0.2, 0.25) is 0 Å². The quantitative estimate of drug-likeness (QED) is 0.352. The summed E-state index contributed by atoms with van der Waals surface area (Å²) < 4.78 is 0. The molecule has 76 valence electrons. The minimum atomic E-state index is -0.800. The van der Waals surface area contributed by atoms with E-state index in [9.17, 15) is 14.4 Å². The fourth-order valence-electron chi connectivity index (χ4n) is 1.34. The Morgan fingerprint density at radius 3 is 2.64 bits per heavy atom. The second-order valence-electron chi connectivity index (χ2n) is 3.23. The number of nitrogens with two attached hydrogens (primary N) is 1. The number of nitrogens with one attached hydrogen (secondary N) is 1. The van der Waals surface area contributed by atoms with Crippen LogP contribution in [0.1, 0.15) is 13.3 Å². The number of hydrogen-bond donors (Lipinski definition) is 2. The number of hydrogen-bond acceptors (Lipinski definition) is 4. The lowest BCUT2D eigenvalue weighted by molar-refractivity contribution is -0.136. The first-order valence-electron chi connectivity index (χ1n) is 4.19. The lowest BCUT2D eigenvalue weighted by Crippen LogP contribution is -2.25. The van der Waals surface area contributed by atoms with E-state index in [0.29, 0.717) is 6.42 Å². The Morgan fingerprint density at radius 1 is 1.57 bits per heavy atom. The lowest BCUT2D eigenvalue weighted by Gasteiger charge is -1.97. The number of carbonyl (C=O) groups excluding carboxylic acids is 3. The third kappa shape index (κ3) is 2.15. The van der Waals surface area contributed by atoms with Crippen LogP contribution in [0.3, 0.4) is 0 Å². The molecule has 0 saturated heterocycles. The molecule has 1 rings (SSSR count). The van der Waals surface area contributed by atoms with Crippen molar-refractivity contribution in [3.63, 3.8) is 0 Å². The number of carbonyl (C=O) groups is 3. The summed E-state index contributed by atoms with van der Waals surface area (Å²) in [5.74, 6) is -1.61. The first kappa shape index (κ1) is 10.4. The Hall–Kier alpha value is -1.72. The van der Waals surface area contributed by atoms with Crippen molar-refractivity contribution in [3.05, 3.63) is 0 Å². The van der Waals surface area contributed by atoms with Crippen molar-refractivity contribution in [1.29, 1.82) is 0 Å². The standard InChI is InChI=1S/C8H11N3O3/c1-4-2-5(7(13)6(4)12)3-10-11-8(9)14/h3-5H,2H2,1H3,(H3,9,11,14)/b10-3-/t4-,5+/m0/s1. The normalized spacial score (nSPS) is 27.2. The molecule has 6 nitrogen and oxygen atoms in total. The van der Waals surface area contributed by atoms with E-state index in [2.05, 4.69) is 5.10 Å². The van der Waals surface area contributed by atoms with Gasteiger partial charge < -0.3 is 5.73 Å². The molecule has 0 aromatic rings. The molecule has 0 spiro atoms. The molecule has 3 N–H and O–H groups in total. The van der Waals surface area contributed by atoms with Crippen molar-refractivity contribution in [2.75, 3.05) is 0 Å². The van der Waals surface area contributed by atoms with Crippen molar-refractivity contribution in [2.45, 2.75) is 13.3 Å². The van der Waals surface area contributed by atoms with Crippen molar-refractivity contribution < 1.29 is 14.4 Å². The van der Waals surface area contributed by atoms with Crippen LogP contribution in [-0.4, -0.2) is 23.8 Å². The number of Topliss-reactive ketones (excluding diaryl/α,β-unsaturated/α-hetero) is 2. The van der Waals surface area contributed by atoms with E-state index in [0.717, 1.165) is 0 Å². The fourth-order valence-corrected chi connectivity index (χ4v) is 1.34. The summed E-state index contributed by atoms with van der Waals surface area (Å²) in [5.41, 5.74) is 6.72. The molecule has 0 aliphatic heterocycles. The average molecular weight is 197 g/mol. The molecule has 0 heterocycles. The summed E-state index contributed by atoms with van der Waals surface area (Å²) in [6.45, 7) is 1.69. The minimum absolute atomic E-state index is 0.257. The van der Waals surface area contributed by atoms with Crippen LogP contribution in [0.15, 0.2) is 5.10 Å². The molecule has 1 fully saturated rings. The van der Waals surface area contributed by atoms with E-state index >= 15 is 0 Å². The van der Waals surface area contributed by atoms with Crippen molar-refractivity contribution in [1.82, 2.24) is 5.43 Å². The predicted octanol–water partition coefficient (Wildman–Crippen LogP) is -0.565. The summed E-state index contributed by atoms with van der Waals surface area (Å²) in [4.78, 5) is 32.5. The second kappa shape index (κ2) is 3.99. The van der Waals surface area contributed by atoms with Gasteiger partial charge in [0.15, 0.2) is 0 Å². The highest BCUT2D eigenvalue weighted by molar-refractivity contribution is 6.43. The summed E-state index contributed by atoms with van der Waals surface area (Å²) >= 11 is 0. The number of urea groups is 1. The zero-order chi connectivity index (χ0) is 10.7. The van der Waals surface area contributed by atoms with Crippen LogP contribution in [0, 0.1) is 11.8 Å². The number of nitrogens with zero attached hydrogens (tertiary/aromatic N) is 1. The van der Waals surface area contributed by atoms with Gasteiger partial charge in [0.2, 0.25) is 11.6 Å². The lowest BCUT2D eigenvalue weighted by atomic mass is 10.1. The Morgan fingerprint density at radius 2 is 2.21 bits per heavy atom. The summed E-state index contributed by atoms with van der Waals surface area (Å²) in [6.07, 6.45) is 1.69. The van der Waals surface area contributed by atoms with Gasteiger partial charge in [-0.2, -0.15) is 5.10 Å². The molecule has 0 unspecified atom stereocenters. The van der Waals surface area contributed by atoms with Gasteiger partial charge in [-0.15, -0.1) is 0 Å². The molecule has 2 amide bonds.